The largest absolute Gasteiger partial charge is 0.357 e. The summed E-state index contributed by atoms with van der Waals surface area (Å²) in [5.74, 6) is 0. The highest BCUT2D eigenvalue weighted by molar-refractivity contribution is 9.10. The van der Waals surface area contributed by atoms with Crippen LogP contribution in [0.3, 0.4) is 0 Å². The van der Waals surface area contributed by atoms with Crippen molar-refractivity contribution in [3.05, 3.63) is 9.98 Å². The highest BCUT2D eigenvalue weighted by Gasteiger charge is 2.24. The van der Waals surface area contributed by atoms with E-state index >= 15 is 0 Å². The molecule has 1 N–H and O–H groups in total. The van der Waals surface area contributed by atoms with E-state index in [0.717, 1.165) is 16.3 Å². The molecule has 5 heteroatoms. The summed E-state index contributed by atoms with van der Waals surface area (Å²) in [6.45, 7) is 6.83. The van der Waals surface area contributed by atoms with E-state index in [0.29, 0.717) is 12.1 Å². The van der Waals surface area contributed by atoms with Gasteiger partial charge in [-0.25, -0.2) is 4.98 Å². The van der Waals surface area contributed by atoms with Gasteiger partial charge in [-0.15, -0.1) is 11.3 Å². The third kappa shape index (κ3) is 2.92. The van der Waals surface area contributed by atoms with Crippen LogP contribution in [0.1, 0.15) is 20.3 Å². The van der Waals surface area contributed by atoms with Gasteiger partial charge in [-0.2, -0.15) is 0 Å². The van der Waals surface area contributed by atoms with E-state index in [2.05, 4.69) is 45.0 Å². The SMILES string of the molecule is CC(C)N1CCC(Nc2nc(Br)cs2)C1. The standard InChI is InChI=1S/C10H16BrN3S/c1-7(2)14-4-3-8(5-14)12-10-13-9(11)6-15-10/h6-8H,3-5H2,1-2H3,(H,12,13). The third-order valence-electron chi connectivity index (χ3n) is 2.75. The summed E-state index contributed by atoms with van der Waals surface area (Å²) in [4.78, 5) is 6.85. The minimum atomic E-state index is 0.561. The Morgan fingerprint density at radius 3 is 3.00 bits per heavy atom. The van der Waals surface area contributed by atoms with Gasteiger partial charge in [0.1, 0.15) is 4.60 Å². The van der Waals surface area contributed by atoms with Crippen molar-refractivity contribution in [1.29, 1.82) is 0 Å². The van der Waals surface area contributed by atoms with Gasteiger partial charge in [-0.3, -0.25) is 4.90 Å². The van der Waals surface area contributed by atoms with E-state index in [1.807, 2.05) is 5.38 Å². The van der Waals surface area contributed by atoms with E-state index in [1.165, 1.54) is 13.0 Å². The molecule has 1 saturated heterocycles. The molecule has 0 aliphatic carbocycles. The number of anilines is 1. The predicted molar refractivity (Wildman–Crippen MR) is 68.6 cm³/mol. The van der Waals surface area contributed by atoms with Crippen LogP contribution in [0.4, 0.5) is 5.13 Å². The molecule has 0 saturated carbocycles. The Bertz CT molecular complexity index is 326. The molecular formula is C10H16BrN3S. The molecule has 0 amide bonds. The minimum absolute atomic E-state index is 0.561. The van der Waals surface area contributed by atoms with Crippen molar-refractivity contribution in [3.63, 3.8) is 0 Å². The molecule has 1 aliphatic rings. The topological polar surface area (TPSA) is 28.2 Å². The quantitative estimate of drug-likeness (QED) is 0.928. The van der Waals surface area contributed by atoms with Crippen molar-refractivity contribution < 1.29 is 0 Å². The Balaban J connectivity index is 1.87. The van der Waals surface area contributed by atoms with Crippen LogP contribution in [0.25, 0.3) is 0 Å². The number of hydrogen-bond donors (Lipinski definition) is 1. The van der Waals surface area contributed by atoms with Crippen molar-refractivity contribution in [1.82, 2.24) is 9.88 Å². The van der Waals surface area contributed by atoms with Crippen LogP contribution in [0, 0.1) is 0 Å². The van der Waals surface area contributed by atoms with E-state index in [9.17, 15) is 0 Å². The van der Waals surface area contributed by atoms with Crippen LogP contribution in [-0.4, -0.2) is 35.1 Å². The molecule has 0 spiro atoms. The molecule has 2 heterocycles. The molecule has 1 aromatic rings. The van der Waals surface area contributed by atoms with Crippen molar-refractivity contribution in [2.45, 2.75) is 32.4 Å². The van der Waals surface area contributed by atoms with E-state index in [4.69, 9.17) is 0 Å². The van der Waals surface area contributed by atoms with Gasteiger partial charge in [0, 0.05) is 30.6 Å². The number of likely N-dealkylation sites (tertiary alicyclic amines) is 1. The minimum Gasteiger partial charge on any atom is -0.357 e. The normalized spacial score (nSPS) is 22.5. The maximum atomic E-state index is 4.35. The van der Waals surface area contributed by atoms with Crippen LogP contribution < -0.4 is 5.32 Å². The zero-order valence-electron chi connectivity index (χ0n) is 9.03. The van der Waals surface area contributed by atoms with Gasteiger partial charge < -0.3 is 5.32 Å². The zero-order valence-corrected chi connectivity index (χ0v) is 11.4. The van der Waals surface area contributed by atoms with Crippen molar-refractivity contribution in [2.24, 2.45) is 0 Å². The first-order valence-corrected chi connectivity index (χ1v) is 6.94. The van der Waals surface area contributed by atoms with E-state index in [1.54, 1.807) is 11.3 Å². The third-order valence-corrected chi connectivity index (χ3v) is 4.24. The molecule has 2 rings (SSSR count). The average Bonchev–Trinajstić information content (AvgIpc) is 2.76. The fourth-order valence-corrected chi connectivity index (χ4v) is 3.09. The molecule has 1 fully saturated rings. The van der Waals surface area contributed by atoms with Gasteiger partial charge in [0.2, 0.25) is 0 Å². The molecule has 15 heavy (non-hydrogen) atoms. The summed E-state index contributed by atoms with van der Waals surface area (Å²) in [5, 5.41) is 6.52. The van der Waals surface area contributed by atoms with Crippen LogP contribution in [0.2, 0.25) is 0 Å². The zero-order chi connectivity index (χ0) is 10.8. The summed E-state index contributed by atoms with van der Waals surface area (Å²) in [6.07, 6.45) is 1.22. The summed E-state index contributed by atoms with van der Waals surface area (Å²) in [6, 6.07) is 1.21. The number of thiazole rings is 1. The monoisotopic (exact) mass is 289 g/mol. The Morgan fingerprint density at radius 2 is 2.47 bits per heavy atom. The maximum Gasteiger partial charge on any atom is 0.183 e. The molecule has 1 aliphatic heterocycles. The molecule has 84 valence electrons. The van der Waals surface area contributed by atoms with Gasteiger partial charge in [-0.1, -0.05) is 0 Å². The summed E-state index contributed by atoms with van der Waals surface area (Å²) < 4.78 is 0.925. The lowest BCUT2D eigenvalue weighted by Gasteiger charge is -2.20. The van der Waals surface area contributed by atoms with E-state index in [-0.39, 0.29) is 0 Å². The fraction of sp³-hybridized carbons (Fsp3) is 0.700. The number of rotatable bonds is 3. The van der Waals surface area contributed by atoms with Crippen LogP contribution in [0.5, 0.6) is 0 Å². The second-order valence-electron chi connectivity index (χ2n) is 4.19. The first-order valence-electron chi connectivity index (χ1n) is 5.27. The van der Waals surface area contributed by atoms with Crippen molar-refractivity contribution in [2.75, 3.05) is 18.4 Å². The van der Waals surface area contributed by atoms with E-state index < -0.39 is 0 Å². The molecule has 0 bridgehead atoms. The Morgan fingerprint density at radius 1 is 1.67 bits per heavy atom. The van der Waals surface area contributed by atoms with Gasteiger partial charge in [0.05, 0.1) is 0 Å². The maximum absolute atomic E-state index is 4.35. The van der Waals surface area contributed by atoms with Gasteiger partial charge in [-0.05, 0) is 36.2 Å². The predicted octanol–water partition coefficient (Wildman–Crippen LogP) is 2.80. The Kier molecular flexibility index (Phi) is 3.64. The molecule has 0 aromatic carbocycles. The molecule has 1 aromatic heterocycles. The number of aromatic nitrogens is 1. The first kappa shape index (κ1) is 11.4. The average molecular weight is 290 g/mol. The van der Waals surface area contributed by atoms with Crippen molar-refractivity contribution >= 4 is 32.4 Å². The van der Waals surface area contributed by atoms with Gasteiger partial charge in [0.15, 0.2) is 5.13 Å². The first-order chi connectivity index (χ1) is 7.15. The second-order valence-corrected chi connectivity index (χ2v) is 5.86. The molecule has 3 nitrogen and oxygen atoms in total. The lowest BCUT2D eigenvalue weighted by Crippen LogP contribution is -2.31. The van der Waals surface area contributed by atoms with Crippen LogP contribution in [-0.2, 0) is 0 Å². The molecule has 1 atom stereocenters. The van der Waals surface area contributed by atoms with Crippen LogP contribution in [0.15, 0.2) is 9.98 Å². The van der Waals surface area contributed by atoms with Gasteiger partial charge in [0.25, 0.3) is 0 Å². The lowest BCUT2D eigenvalue weighted by molar-refractivity contribution is 0.274. The number of hydrogen-bond acceptors (Lipinski definition) is 4. The molecule has 0 radical (unpaired) electrons. The molecule has 1 unspecified atom stereocenters. The lowest BCUT2D eigenvalue weighted by atomic mass is 10.3. The number of nitrogens with one attached hydrogen (secondary N) is 1. The smallest absolute Gasteiger partial charge is 0.183 e. The van der Waals surface area contributed by atoms with Crippen molar-refractivity contribution in [3.8, 4) is 0 Å². The molecular weight excluding hydrogens is 274 g/mol. The second kappa shape index (κ2) is 4.80. The summed E-state index contributed by atoms with van der Waals surface area (Å²) in [5.41, 5.74) is 0. The Labute approximate surface area is 103 Å². The summed E-state index contributed by atoms with van der Waals surface area (Å²) >= 11 is 5.02. The Hall–Kier alpha value is -0.130. The number of nitrogens with zero attached hydrogens (tertiary/aromatic N) is 2. The highest BCUT2D eigenvalue weighted by atomic mass is 79.9. The summed E-state index contributed by atoms with van der Waals surface area (Å²) in [7, 11) is 0. The highest BCUT2D eigenvalue weighted by Crippen LogP contribution is 2.22. The van der Waals surface area contributed by atoms with Gasteiger partial charge >= 0.3 is 0 Å². The van der Waals surface area contributed by atoms with Crippen LogP contribution >= 0.6 is 27.3 Å². The number of halogens is 1. The fourth-order valence-electron chi connectivity index (χ4n) is 1.87.